The lowest BCUT2D eigenvalue weighted by Gasteiger charge is -2.17. The van der Waals surface area contributed by atoms with Crippen LogP contribution in [0.2, 0.25) is 0 Å². The molecule has 0 aliphatic heterocycles. The smallest absolute Gasteiger partial charge is 0.332 e. The van der Waals surface area contributed by atoms with Crippen LogP contribution in [0.4, 0.5) is 0 Å². The van der Waals surface area contributed by atoms with Crippen LogP contribution in [0.5, 0.6) is 0 Å². The molecule has 0 aliphatic rings. The Morgan fingerprint density at radius 3 is 2.60 bits per heavy atom. The lowest BCUT2D eigenvalue weighted by atomic mass is 10.0. The third-order valence-corrected chi connectivity index (χ3v) is 4.28. The fourth-order valence-electron chi connectivity index (χ4n) is 2.88. The van der Waals surface area contributed by atoms with E-state index < -0.39 is 11.2 Å². The van der Waals surface area contributed by atoms with Gasteiger partial charge in [-0.15, -0.1) is 0 Å². The Hall–Kier alpha value is -2.71. The van der Waals surface area contributed by atoms with Gasteiger partial charge in [-0.2, -0.15) is 0 Å². The summed E-state index contributed by atoms with van der Waals surface area (Å²) in [6.45, 7) is 0.438. The van der Waals surface area contributed by atoms with Crippen LogP contribution >= 0.6 is 0 Å². The minimum Gasteiger partial charge on any atom is -0.396 e. The summed E-state index contributed by atoms with van der Waals surface area (Å²) < 4.78 is 2.40. The monoisotopic (exact) mass is 343 g/mol. The van der Waals surface area contributed by atoms with Gasteiger partial charge in [-0.1, -0.05) is 30.3 Å². The van der Waals surface area contributed by atoms with Crippen molar-refractivity contribution in [3.05, 3.63) is 62.6 Å². The lowest BCUT2D eigenvalue weighted by molar-refractivity contribution is 0.264. The van der Waals surface area contributed by atoms with E-state index in [0.717, 1.165) is 10.1 Å². The van der Waals surface area contributed by atoms with Gasteiger partial charge < -0.3 is 15.4 Å². The average Bonchev–Trinajstić information content (AvgIpc) is 3.07. The highest BCUT2D eigenvalue weighted by molar-refractivity contribution is 5.69. The molecule has 0 amide bonds. The van der Waals surface area contributed by atoms with Crippen molar-refractivity contribution in [2.24, 2.45) is 14.1 Å². The summed E-state index contributed by atoms with van der Waals surface area (Å²) in [5, 5.41) is 12.6. The molecule has 0 bridgehead atoms. The number of rotatable bonds is 6. The fourth-order valence-corrected chi connectivity index (χ4v) is 2.88. The number of nitrogens with zero attached hydrogens (tertiary/aromatic N) is 3. The van der Waals surface area contributed by atoms with Gasteiger partial charge in [0.1, 0.15) is 11.3 Å². The first-order chi connectivity index (χ1) is 12.0. The summed E-state index contributed by atoms with van der Waals surface area (Å²) in [6.07, 6.45) is 0.560. The molecule has 0 aliphatic carbocycles. The number of aliphatic hydroxyl groups is 1. The highest BCUT2D eigenvalue weighted by atomic mass is 16.3. The van der Waals surface area contributed by atoms with E-state index in [1.165, 1.54) is 11.6 Å². The topological polar surface area (TPSA) is 105 Å². The number of H-pyrrole nitrogens is 1. The molecule has 132 valence electrons. The maximum atomic E-state index is 12.2. The molecule has 3 N–H and O–H groups in total. The van der Waals surface area contributed by atoms with E-state index in [4.69, 9.17) is 0 Å². The van der Waals surface area contributed by atoms with Crippen LogP contribution < -0.4 is 16.6 Å². The van der Waals surface area contributed by atoms with Crippen molar-refractivity contribution in [1.82, 2.24) is 24.4 Å². The molecule has 8 heteroatoms. The van der Waals surface area contributed by atoms with E-state index >= 15 is 0 Å². The molecule has 1 aromatic carbocycles. The molecule has 0 fully saturated rings. The van der Waals surface area contributed by atoms with E-state index in [1.54, 1.807) is 7.05 Å². The Morgan fingerprint density at radius 2 is 1.92 bits per heavy atom. The Kier molecular flexibility index (Phi) is 4.82. The van der Waals surface area contributed by atoms with Crippen LogP contribution in [0, 0.1) is 0 Å². The van der Waals surface area contributed by atoms with Crippen molar-refractivity contribution in [3.63, 3.8) is 0 Å². The minimum atomic E-state index is -0.411. The van der Waals surface area contributed by atoms with Crippen LogP contribution in [0.15, 0.2) is 39.9 Å². The maximum Gasteiger partial charge on any atom is 0.332 e. The number of hydrogen-bond acceptors (Lipinski definition) is 5. The van der Waals surface area contributed by atoms with Gasteiger partial charge in [-0.05, 0) is 12.0 Å². The van der Waals surface area contributed by atoms with Crippen molar-refractivity contribution in [3.8, 4) is 0 Å². The van der Waals surface area contributed by atoms with E-state index in [1.807, 2.05) is 30.3 Å². The van der Waals surface area contributed by atoms with Crippen molar-refractivity contribution in [1.29, 1.82) is 0 Å². The SMILES string of the molecule is Cn1c(=O)c2[nH]c(CNC(CCO)c3ccccc3)nc2n(C)c1=O. The van der Waals surface area contributed by atoms with Gasteiger partial charge >= 0.3 is 5.69 Å². The van der Waals surface area contributed by atoms with Gasteiger partial charge in [0.05, 0.1) is 6.54 Å². The van der Waals surface area contributed by atoms with Gasteiger partial charge in [-0.25, -0.2) is 9.78 Å². The van der Waals surface area contributed by atoms with Crippen LogP contribution in [0.3, 0.4) is 0 Å². The molecule has 0 spiro atoms. The largest absolute Gasteiger partial charge is 0.396 e. The van der Waals surface area contributed by atoms with E-state index in [-0.39, 0.29) is 12.6 Å². The number of aromatic amines is 1. The molecule has 0 radical (unpaired) electrons. The summed E-state index contributed by atoms with van der Waals surface area (Å²) in [5.74, 6) is 0.562. The zero-order valence-corrected chi connectivity index (χ0v) is 14.2. The summed E-state index contributed by atoms with van der Waals surface area (Å²) >= 11 is 0. The number of hydrogen-bond donors (Lipinski definition) is 3. The standard InChI is InChI=1S/C17H21N5O3/c1-21-15-14(16(24)22(2)17(21)25)19-13(20-15)10-18-12(8-9-23)11-6-4-3-5-7-11/h3-7,12,18,23H,8-10H2,1-2H3,(H,19,20). The summed E-state index contributed by atoms with van der Waals surface area (Å²) in [7, 11) is 3.02. The average molecular weight is 343 g/mol. The fraction of sp³-hybridized carbons (Fsp3) is 0.353. The zero-order chi connectivity index (χ0) is 18.0. The van der Waals surface area contributed by atoms with Crippen LogP contribution in [0.25, 0.3) is 11.2 Å². The van der Waals surface area contributed by atoms with Crippen molar-refractivity contribution in [2.45, 2.75) is 19.0 Å². The molecule has 8 nitrogen and oxygen atoms in total. The highest BCUT2D eigenvalue weighted by Gasteiger charge is 2.15. The molecule has 2 aromatic heterocycles. The van der Waals surface area contributed by atoms with Crippen molar-refractivity contribution < 1.29 is 5.11 Å². The molecular weight excluding hydrogens is 322 g/mol. The second-order valence-corrected chi connectivity index (χ2v) is 5.94. The van der Waals surface area contributed by atoms with Gasteiger partial charge in [0.15, 0.2) is 5.65 Å². The predicted octanol–water partition coefficient (Wildman–Crippen LogP) is 0.174. The molecule has 3 aromatic rings. The van der Waals surface area contributed by atoms with Crippen LogP contribution in [-0.4, -0.2) is 30.8 Å². The molecule has 1 atom stereocenters. The molecule has 3 rings (SSSR count). The second-order valence-electron chi connectivity index (χ2n) is 5.94. The number of imidazole rings is 1. The molecule has 0 saturated heterocycles. The van der Waals surface area contributed by atoms with Crippen molar-refractivity contribution >= 4 is 11.2 Å². The Morgan fingerprint density at radius 1 is 1.20 bits per heavy atom. The zero-order valence-electron chi connectivity index (χ0n) is 14.2. The quantitative estimate of drug-likeness (QED) is 0.592. The number of nitrogens with one attached hydrogen (secondary N) is 2. The van der Waals surface area contributed by atoms with E-state index in [2.05, 4.69) is 15.3 Å². The molecule has 2 heterocycles. The summed E-state index contributed by atoms with van der Waals surface area (Å²) in [6, 6.07) is 9.78. The van der Waals surface area contributed by atoms with E-state index in [9.17, 15) is 14.7 Å². The van der Waals surface area contributed by atoms with Gasteiger partial charge in [-0.3, -0.25) is 13.9 Å². The van der Waals surface area contributed by atoms with Gasteiger partial charge in [0.2, 0.25) is 0 Å². The molecule has 0 saturated carbocycles. The van der Waals surface area contributed by atoms with Crippen molar-refractivity contribution in [2.75, 3.05) is 6.61 Å². The maximum absolute atomic E-state index is 12.2. The van der Waals surface area contributed by atoms with Crippen LogP contribution in [0.1, 0.15) is 23.9 Å². The number of fused-ring (bicyclic) bond motifs is 1. The van der Waals surface area contributed by atoms with Gasteiger partial charge in [0.25, 0.3) is 5.56 Å². The third kappa shape index (κ3) is 3.26. The number of aromatic nitrogens is 4. The van der Waals surface area contributed by atoms with Gasteiger partial charge in [0, 0.05) is 26.7 Å². The first-order valence-electron chi connectivity index (χ1n) is 8.06. The summed E-state index contributed by atoms with van der Waals surface area (Å²) in [4.78, 5) is 31.5. The Labute approximate surface area is 143 Å². The summed E-state index contributed by atoms with van der Waals surface area (Å²) in [5.41, 5.74) is 0.900. The molecular formula is C17H21N5O3. The minimum absolute atomic E-state index is 0.0361. The number of aliphatic hydroxyl groups excluding tert-OH is 1. The number of aryl methyl sites for hydroxylation is 1. The highest BCUT2D eigenvalue weighted by Crippen LogP contribution is 2.16. The van der Waals surface area contributed by atoms with E-state index in [0.29, 0.717) is 30.0 Å². The molecule has 25 heavy (non-hydrogen) atoms. The third-order valence-electron chi connectivity index (χ3n) is 4.28. The van der Waals surface area contributed by atoms with Crippen LogP contribution in [-0.2, 0) is 20.6 Å². The second kappa shape index (κ2) is 7.04. The number of benzene rings is 1. The predicted molar refractivity (Wildman–Crippen MR) is 94.3 cm³/mol. The Bertz CT molecular complexity index is 987. The Balaban J connectivity index is 1.88. The first kappa shape index (κ1) is 17.1. The lowest BCUT2D eigenvalue weighted by Crippen LogP contribution is -2.36. The molecule has 1 unspecified atom stereocenters. The normalized spacial score (nSPS) is 12.6. The first-order valence-corrected chi connectivity index (χ1v) is 8.06.